The van der Waals surface area contributed by atoms with Crippen molar-refractivity contribution < 1.29 is 0 Å². The van der Waals surface area contributed by atoms with E-state index in [1.807, 2.05) is 0 Å². The van der Waals surface area contributed by atoms with Crippen molar-refractivity contribution in [1.82, 2.24) is 0 Å². The van der Waals surface area contributed by atoms with Crippen LogP contribution in [-0.4, -0.2) is 0 Å². The highest BCUT2D eigenvalue weighted by atomic mass is 32.1. The van der Waals surface area contributed by atoms with Crippen molar-refractivity contribution in [2.24, 2.45) is 4.36 Å². The van der Waals surface area contributed by atoms with Gasteiger partial charge in [-0.1, -0.05) is 53.7 Å². The molecule has 17 heavy (non-hydrogen) atoms. The maximum atomic E-state index is 6.22. The van der Waals surface area contributed by atoms with Gasteiger partial charge in [0.05, 0.1) is 5.69 Å². The van der Waals surface area contributed by atoms with Crippen LogP contribution in [0.3, 0.4) is 0 Å². The second kappa shape index (κ2) is 4.37. The molecule has 2 N–H and O–H groups in total. The van der Waals surface area contributed by atoms with Gasteiger partial charge in [-0.15, -0.1) is 0 Å². The average Bonchev–Trinajstić information content (AvgIpc) is 2.13. The number of nitrogen functional groups attached to an aromatic ring is 1. The molecule has 0 aliphatic rings. The average molecular weight is 250 g/mol. The fraction of sp³-hybridized carbons (Fsp3) is 0.571. The molecule has 0 bridgehead atoms. The van der Waals surface area contributed by atoms with E-state index in [0.29, 0.717) is 0 Å². The molecule has 0 fully saturated rings. The van der Waals surface area contributed by atoms with Gasteiger partial charge in [0.15, 0.2) is 0 Å². The molecule has 2 nitrogen and oxygen atoms in total. The van der Waals surface area contributed by atoms with Gasteiger partial charge < -0.3 is 5.73 Å². The van der Waals surface area contributed by atoms with Crippen molar-refractivity contribution in [2.45, 2.75) is 52.4 Å². The topological polar surface area (TPSA) is 38.4 Å². The Labute approximate surface area is 110 Å². The Bertz CT molecular complexity index is 437. The number of hydrogen-bond acceptors (Lipinski definition) is 3. The molecular formula is C14H22N2S. The summed E-state index contributed by atoms with van der Waals surface area (Å²) >= 11 is 4.89. The summed E-state index contributed by atoms with van der Waals surface area (Å²) in [6.45, 7) is 12.8. The van der Waals surface area contributed by atoms with Crippen LogP contribution in [0.4, 0.5) is 11.4 Å². The first-order valence-corrected chi connectivity index (χ1v) is 6.22. The molecular weight excluding hydrogens is 228 g/mol. The first-order valence-electron chi connectivity index (χ1n) is 5.86. The Morgan fingerprint density at radius 1 is 0.941 bits per heavy atom. The van der Waals surface area contributed by atoms with Crippen molar-refractivity contribution in [1.29, 1.82) is 0 Å². The normalized spacial score (nSPS) is 12.6. The zero-order valence-corrected chi connectivity index (χ0v) is 12.4. The van der Waals surface area contributed by atoms with Crippen LogP contribution in [0.5, 0.6) is 0 Å². The van der Waals surface area contributed by atoms with Crippen LogP contribution in [0.15, 0.2) is 16.5 Å². The quantitative estimate of drug-likeness (QED) is 0.758. The lowest BCUT2D eigenvalue weighted by Crippen LogP contribution is -2.17. The van der Waals surface area contributed by atoms with Crippen molar-refractivity contribution in [3.63, 3.8) is 0 Å². The molecule has 0 saturated heterocycles. The molecule has 0 atom stereocenters. The summed E-state index contributed by atoms with van der Waals surface area (Å²) in [4.78, 5) is 0. The molecule has 94 valence electrons. The SMILES string of the molecule is CC(C)(C)c1ccc(C(C)(C)C)c(N=S)c1N. The van der Waals surface area contributed by atoms with Crippen molar-refractivity contribution in [3.05, 3.63) is 23.3 Å². The fourth-order valence-electron chi connectivity index (χ4n) is 1.97. The second-order valence-electron chi connectivity index (χ2n) is 6.51. The minimum Gasteiger partial charge on any atom is -0.397 e. The van der Waals surface area contributed by atoms with Gasteiger partial charge >= 0.3 is 0 Å². The van der Waals surface area contributed by atoms with Gasteiger partial charge in [-0.25, -0.2) is 0 Å². The molecule has 0 aliphatic heterocycles. The van der Waals surface area contributed by atoms with Crippen LogP contribution in [-0.2, 0) is 23.3 Å². The molecule has 3 heteroatoms. The minimum atomic E-state index is 0.00216. The number of hydrogen-bond donors (Lipinski definition) is 1. The van der Waals surface area contributed by atoms with Crippen LogP contribution in [0, 0.1) is 0 Å². The Balaban J connectivity index is 3.54. The third-order valence-electron chi connectivity index (χ3n) is 2.92. The largest absolute Gasteiger partial charge is 0.397 e. The number of nitrogens with zero attached hydrogens (tertiary/aromatic N) is 1. The monoisotopic (exact) mass is 250 g/mol. The standard InChI is InChI=1S/C14H22N2S/c1-13(2,3)9-7-8-10(14(4,5)6)12(16-17)11(9)15/h7-8H,15H2,1-6H3. The maximum Gasteiger partial charge on any atom is 0.104 e. The van der Waals surface area contributed by atoms with E-state index in [1.54, 1.807) is 0 Å². The first-order chi connectivity index (χ1) is 7.59. The summed E-state index contributed by atoms with van der Waals surface area (Å²) < 4.78 is 3.97. The van der Waals surface area contributed by atoms with Gasteiger partial charge in [0.2, 0.25) is 0 Å². The van der Waals surface area contributed by atoms with Gasteiger partial charge in [0, 0.05) is 12.4 Å². The molecule has 0 aromatic heterocycles. The highest BCUT2D eigenvalue weighted by Gasteiger charge is 2.25. The number of nitrogens with two attached hydrogens (primary N) is 1. The summed E-state index contributed by atoms with van der Waals surface area (Å²) in [5.74, 6) is 0. The lowest BCUT2D eigenvalue weighted by atomic mass is 9.80. The van der Waals surface area contributed by atoms with E-state index in [4.69, 9.17) is 18.2 Å². The number of benzene rings is 1. The zero-order chi connectivity index (χ0) is 13.4. The van der Waals surface area contributed by atoms with E-state index in [-0.39, 0.29) is 10.8 Å². The molecule has 1 aromatic carbocycles. The molecule has 0 aliphatic carbocycles. The van der Waals surface area contributed by atoms with E-state index in [1.165, 1.54) is 0 Å². The third-order valence-corrected chi connectivity index (χ3v) is 3.11. The molecule has 1 aromatic rings. The molecule has 0 unspecified atom stereocenters. The van der Waals surface area contributed by atoms with Crippen molar-refractivity contribution in [2.75, 3.05) is 5.73 Å². The van der Waals surface area contributed by atoms with Gasteiger partial charge in [0.25, 0.3) is 0 Å². The van der Waals surface area contributed by atoms with Crippen LogP contribution in [0.1, 0.15) is 52.7 Å². The van der Waals surface area contributed by atoms with E-state index in [9.17, 15) is 0 Å². The lowest BCUT2D eigenvalue weighted by Gasteiger charge is -2.27. The minimum absolute atomic E-state index is 0.00216. The van der Waals surface area contributed by atoms with Crippen molar-refractivity contribution in [3.8, 4) is 0 Å². The third kappa shape index (κ3) is 2.83. The summed E-state index contributed by atoms with van der Waals surface area (Å²) in [6, 6.07) is 4.20. The molecule has 0 heterocycles. The zero-order valence-electron chi connectivity index (χ0n) is 11.6. The van der Waals surface area contributed by atoms with Crippen LogP contribution >= 0.6 is 0 Å². The summed E-state index contributed by atoms with van der Waals surface area (Å²) in [7, 11) is 0. The smallest absolute Gasteiger partial charge is 0.104 e. The highest BCUT2D eigenvalue weighted by molar-refractivity contribution is 7.47. The van der Waals surface area contributed by atoms with Gasteiger partial charge in [-0.2, -0.15) is 4.36 Å². The molecule has 0 spiro atoms. The fourth-order valence-corrected chi connectivity index (χ4v) is 2.16. The lowest BCUT2D eigenvalue weighted by molar-refractivity contribution is 0.580. The predicted octanol–water partition coefficient (Wildman–Crippen LogP) is 4.23. The van der Waals surface area contributed by atoms with E-state index in [2.05, 4.69) is 58.0 Å². The molecule has 0 radical (unpaired) electrons. The predicted molar refractivity (Wildman–Crippen MR) is 77.7 cm³/mol. The summed E-state index contributed by atoms with van der Waals surface area (Å²) in [5.41, 5.74) is 9.93. The number of rotatable bonds is 1. The van der Waals surface area contributed by atoms with Gasteiger partial charge in [-0.3, -0.25) is 0 Å². The van der Waals surface area contributed by atoms with E-state index in [0.717, 1.165) is 22.5 Å². The first kappa shape index (κ1) is 14.1. The van der Waals surface area contributed by atoms with Crippen LogP contribution in [0.2, 0.25) is 0 Å². The Morgan fingerprint density at radius 3 is 1.71 bits per heavy atom. The van der Waals surface area contributed by atoms with E-state index >= 15 is 0 Å². The van der Waals surface area contributed by atoms with E-state index < -0.39 is 0 Å². The van der Waals surface area contributed by atoms with Crippen LogP contribution in [0.25, 0.3) is 0 Å². The van der Waals surface area contributed by atoms with Gasteiger partial charge in [0.1, 0.15) is 5.69 Å². The van der Waals surface area contributed by atoms with Gasteiger partial charge in [-0.05, 0) is 22.0 Å². The van der Waals surface area contributed by atoms with Crippen molar-refractivity contribution >= 4 is 23.8 Å². The maximum absolute atomic E-state index is 6.22. The summed E-state index contributed by atoms with van der Waals surface area (Å²) in [5, 5.41) is 0. The molecule has 0 saturated carbocycles. The highest BCUT2D eigenvalue weighted by Crippen LogP contribution is 2.41. The molecule has 1 rings (SSSR count). The Hall–Kier alpha value is -0.960. The second-order valence-corrected chi connectivity index (χ2v) is 6.70. The summed E-state index contributed by atoms with van der Waals surface area (Å²) in [6.07, 6.45) is 0. The van der Waals surface area contributed by atoms with Crippen LogP contribution < -0.4 is 5.73 Å². The molecule has 0 amide bonds. The Kier molecular flexibility index (Phi) is 3.63. The Morgan fingerprint density at radius 2 is 1.35 bits per heavy atom. The number of anilines is 1.